The van der Waals surface area contributed by atoms with Gasteiger partial charge in [0.05, 0.1) is 0 Å². The lowest BCUT2D eigenvalue weighted by atomic mass is 9.97. The highest BCUT2D eigenvalue weighted by Crippen LogP contribution is 2.17. The molecule has 0 bridgehead atoms. The van der Waals surface area contributed by atoms with Crippen LogP contribution in [0, 0.1) is 18.8 Å². The lowest BCUT2D eigenvalue weighted by Gasteiger charge is -2.16. The molecule has 2 aromatic rings. The van der Waals surface area contributed by atoms with E-state index in [1.165, 1.54) is 16.7 Å². The Labute approximate surface area is 176 Å². The fourth-order valence-electron chi connectivity index (χ4n) is 3.13. The van der Waals surface area contributed by atoms with Crippen molar-refractivity contribution in [1.82, 2.24) is 0 Å². The van der Waals surface area contributed by atoms with Crippen molar-refractivity contribution in [2.45, 2.75) is 66.5 Å². The molecule has 0 saturated carbocycles. The molecule has 0 aliphatic rings. The highest BCUT2D eigenvalue weighted by atomic mass is 16.5. The Hall–Kier alpha value is -2.42. The van der Waals surface area contributed by atoms with E-state index in [0.29, 0.717) is 5.92 Å². The van der Waals surface area contributed by atoms with E-state index < -0.39 is 6.04 Å². The highest BCUT2D eigenvalue weighted by molar-refractivity contribution is 5.78. The molecule has 0 heterocycles. The van der Waals surface area contributed by atoms with Crippen molar-refractivity contribution >= 4 is 12.2 Å². The third-order valence-corrected chi connectivity index (χ3v) is 5.08. The van der Waals surface area contributed by atoms with E-state index >= 15 is 0 Å². The van der Waals surface area contributed by atoms with E-state index in [-0.39, 0.29) is 24.4 Å². The first-order valence-electron chi connectivity index (χ1n) is 10.6. The summed E-state index contributed by atoms with van der Waals surface area (Å²) in [5.74, 6) is 0.631. The molecule has 2 atom stereocenters. The molecule has 0 fully saturated rings. The maximum Gasteiger partial charge on any atom is 0.331 e. The standard InChI is InChI=1S/C26H35NO2/c1-18(2)24-13-11-22(12-14-24)15-21(6)16-27-25(19(3)4)26(28)29-17-23-9-7-20(5)8-10-23/h7-14,16,18-19,21,25H,15,17H2,1-6H3/b27-16+. The van der Waals surface area contributed by atoms with E-state index in [0.717, 1.165) is 12.0 Å². The van der Waals surface area contributed by atoms with Crippen LogP contribution in [0.5, 0.6) is 0 Å². The number of aliphatic imine (C=N–C) groups is 1. The van der Waals surface area contributed by atoms with Gasteiger partial charge in [0.25, 0.3) is 0 Å². The SMILES string of the molecule is Cc1ccc(COC(=O)C(/N=C/C(C)Cc2ccc(C(C)C)cc2)C(C)C)cc1. The number of aryl methyl sites for hydroxylation is 1. The van der Waals surface area contributed by atoms with Crippen molar-refractivity contribution in [3.63, 3.8) is 0 Å². The van der Waals surface area contributed by atoms with Crippen molar-refractivity contribution in [2.24, 2.45) is 16.8 Å². The molecule has 0 aliphatic heterocycles. The fraction of sp³-hybridized carbons (Fsp3) is 0.462. The molecule has 0 spiro atoms. The summed E-state index contributed by atoms with van der Waals surface area (Å²) in [6.45, 7) is 12.9. The molecular weight excluding hydrogens is 358 g/mol. The molecule has 0 saturated heterocycles. The van der Waals surface area contributed by atoms with Crippen molar-refractivity contribution in [1.29, 1.82) is 0 Å². The Morgan fingerprint density at radius 2 is 1.52 bits per heavy atom. The number of carbonyl (C=O) groups excluding carboxylic acids is 1. The Kier molecular flexibility index (Phi) is 8.63. The van der Waals surface area contributed by atoms with Crippen LogP contribution in [0.1, 0.15) is 62.8 Å². The normalized spacial score (nSPS) is 13.8. The van der Waals surface area contributed by atoms with Crippen LogP contribution in [0.25, 0.3) is 0 Å². The maximum absolute atomic E-state index is 12.6. The first kappa shape index (κ1) is 22.9. The van der Waals surface area contributed by atoms with E-state index in [4.69, 9.17) is 4.74 Å². The summed E-state index contributed by atoms with van der Waals surface area (Å²) in [5.41, 5.74) is 4.83. The van der Waals surface area contributed by atoms with Gasteiger partial charge in [-0.15, -0.1) is 0 Å². The van der Waals surface area contributed by atoms with Crippen LogP contribution in [0.2, 0.25) is 0 Å². The molecule has 156 valence electrons. The number of rotatable bonds is 9. The van der Waals surface area contributed by atoms with E-state index in [1.807, 2.05) is 51.3 Å². The van der Waals surface area contributed by atoms with Crippen molar-refractivity contribution in [3.05, 3.63) is 70.8 Å². The first-order valence-corrected chi connectivity index (χ1v) is 10.6. The predicted octanol–water partition coefficient (Wildman–Crippen LogP) is 6.14. The second kappa shape index (κ2) is 10.9. The minimum Gasteiger partial charge on any atom is -0.459 e. The minimum absolute atomic E-state index is 0.0919. The number of hydrogen-bond acceptors (Lipinski definition) is 3. The number of benzene rings is 2. The lowest BCUT2D eigenvalue weighted by Crippen LogP contribution is -2.27. The Bertz CT molecular complexity index is 788. The average Bonchev–Trinajstić information content (AvgIpc) is 2.67. The molecule has 2 rings (SSSR count). The van der Waals surface area contributed by atoms with Gasteiger partial charge in [0, 0.05) is 6.21 Å². The third-order valence-electron chi connectivity index (χ3n) is 5.08. The topological polar surface area (TPSA) is 38.7 Å². The summed E-state index contributed by atoms with van der Waals surface area (Å²) >= 11 is 0. The molecule has 0 aliphatic carbocycles. The van der Waals surface area contributed by atoms with Gasteiger partial charge in [-0.3, -0.25) is 4.99 Å². The van der Waals surface area contributed by atoms with Gasteiger partial charge >= 0.3 is 5.97 Å². The van der Waals surface area contributed by atoms with Crippen LogP contribution >= 0.6 is 0 Å². The zero-order chi connectivity index (χ0) is 21.4. The van der Waals surface area contributed by atoms with Gasteiger partial charge in [-0.1, -0.05) is 88.7 Å². The van der Waals surface area contributed by atoms with E-state index in [2.05, 4.69) is 50.0 Å². The van der Waals surface area contributed by atoms with Crippen molar-refractivity contribution < 1.29 is 9.53 Å². The molecule has 0 radical (unpaired) electrons. The van der Waals surface area contributed by atoms with Gasteiger partial charge < -0.3 is 4.74 Å². The number of nitrogens with zero attached hydrogens (tertiary/aromatic N) is 1. The summed E-state index contributed by atoms with van der Waals surface area (Å²) in [5, 5.41) is 0. The number of hydrogen-bond donors (Lipinski definition) is 0. The quantitative estimate of drug-likeness (QED) is 0.379. The van der Waals surface area contributed by atoms with Crippen LogP contribution in [0.4, 0.5) is 0 Å². The van der Waals surface area contributed by atoms with E-state index in [9.17, 15) is 4.79 Å². The van der Waals surface area contributed by atoms with Gasteiger partial charge in [0.1, 0.15) is 12.6 Å². The Balaban J connectivity index is 1.92. The average molecular weight is 394 g/mol. The number of carbonyl (C=O) groups is 1. The fourth-order valence-corrected chi connectivity index (χ4v) is 3.13. The van der Waals surface area contributed by atoms with E-state index in [1.54, 1.807) is 0 Å². The number of esters is 1. The molecule has 2 aromatic carbocycles. The highest BCUT2D eigenvalue weighted by Gasteiger charge is 2.22. The Morgan fingerprint density at radius 1 is 0.931 bits per heavy atom. The molecule has 2 unspecified atom stereocenters. The van der Waals surface area contributed by atoms with Gasteiger partial charge in [-0.25, -0.2) is 4.79 Å². The molecular formula is C26H35NO2. The smallest absolute Gasteiger partial charge is 0.331 e. The van der Waals surface area contributed by atoms with Gasteiger partial charge in [0.2, 0.25) is 0 Å². The van der Waals surface area contributed by atoms with Crippen LogP contribution in [-0.4, -0.2) is 18.2 Å². The second-order valence-electron chi connectivity index (χ2n) is 8.66. The minimum atomic E-state index is -0.466. The van der Waals surface area contributed by atoms with Crippen LogP contribution < -0.4 is 0 Å². The zero-order valence-corrected chi connectivity index (χ0v) is 18.7. The molecule has 3 heteroatoms. The summed E-state index contributed by atoms with van der Waals surface area (Å²) < 4.78 is 5.52. The Morgan fingerprint density at radius 3 is 2.07 bits per heavy atom. The summed E-state index contributed by atoms with van der Waals surface area (Å²) in [6.07, 6.45) is 2.82. The van der Waals surface area contributed by atoms with Gasteiger partial charge in [-0.2, -0.15) is 0 Å². The molecule has 3 nitrogen and oxygen atoms in total. The van der Waals surface area contributed by atoms with Crippen LogP contribution in [0.3, 0.4) is 0 Å². The zero-order valence-electron chi connectivity index (χ0n) is 18.7. The maximum atomic E-state index is 12.6. The molecule has 0 amide bonds. The monoisotopic (exact) mass is 393 g/mol. The summed E-state index contributed by atoms with van der Waals surface area (Å²) in [7, 11) is 0. The van der Waals surface area contributed by atoms with Crippen LogP contribution in [0.15, 0.2) is 53.5 Å². The molecule has 0 aromatic heterocycles. The third kappa shape index (κ3) is 7.49. The summed E-state index contributed by atoms with van der Waals surface area (Å²) in [4.78, 5) is 17.2. The van der Waals surface area contributed by atoms with Crippen molar-refractivity contribution in [3.8, 4) is 0 Å². The number of ether oxygens (including phenoxy) is 1. The molecule has 0 N–H and O–H groups in total. The van der Waals surface area contributed by atoms with Crippen molar-refractivity contribution in [2.75, 3.05) is 0 Å². The largest absolute Gasteiger partial charge is 0.459 e. The first-order chi connectivity index (χ1) is 13.8. The lowest BCUT2D eigenvalue weighted by molar-refractivity contribution is -0.147. The van der Waals surface area contributed by atoms with Gasteiger partial charge in [0.15, 0.2) is 0 Å². The van der Waals surface area contributed by atoms with Gasteiger partial charge in [-0.05, 0) is 47.8 Å². The molecule has 29 heavy (non-hydrogen) atoms. The summed E-state index contributed by atoms with van der Waals surface area (Å²) in [6, 6.07) is 16.3. The second-order valence-corrected chi connectivity index (χ2v) is 8.66. The van der Waals surface area contributed by atoms with Crippen LogP contribution in [-0.2, 0) is 22.6 Å². The predicted molar refractivity (Wildman–Crippen MR) is 121 cm³/mol.